The first-order valence-corrected chi connectivity index (χ1v) is 12.4. The number of thiazole rings is 1. The van der Waals surface area contributed by atoms with E-state index in [0.29, 0.717) is 20.6 Å². The summed E-state index contributed by atoms with van der Waals surface area (Å²) in [7, 11) is 0. The molecule has 3 aromatic rings. The van der Waals surface area contributed by atoms with Crippen LogP contribution in [0.1, 0.15) is 37.3 Å². The number of allylic oxidation sites excluding steroid dienone is 1. The zero-order valence-electron chi connectivity index (χ0n) is 18.4. The van der Waals surface area contributed by atoms with Crippen LogP contribution in [-0.4, -0.2) is 23.2 Å². The van der Waals surface area contributed by atoms with E-state index in [9.17, 15) is 9.59 Å². The highest BCUT2D eigenvalue weighted by atomic mass is 32.1. The Kier molecular flexibility index (Phi) is 5.64. The number of hydrogen-bond donors (Lipinski definition) is 0. The summed E-state index contributed by atoms with van der Waals surface area (Å²) in [6.45, 7) is 5.78. The van der Waals surface area contributed by atoms with Crippen LogP contribution in [0.15, 0.2) is 68.4 Å². The van der Waals surface area contributed by atoms with Crippen LogP contribution in [0.5, 0.6) is 5.75 Å². The summed E-state index contributed by atoms with van der Waals surface area (Å²) in [4.78, 5) is 32.5. The minimum absolute atomic E-state index is 0.182. The van der Waals surface area contributed by atoms with Crippen LogP contribution in [0, 0.1) is 0 Å². The summed E-state index contributed by atoms with van der Waals surface area (Å²) in [5, 5.41) is 1.94. The summed E-state index contributed by atoms with van der Waals surface area (Å²) in [5.74, 6) is 0.385. The summed E-state index contributed by atoms with van der Waals surface area (Å²) in [6.07, 6.45) is 3.73. The number of para-hydroxylation sites is 1. The standard InChI is InChI=1S/C25H22N2O4S2/c1-4-30-24(29)21-14(2)26-25-27(22(21)19-10-7-11-32-19)23(28)20(33-25)13-17-12-16-8-5-6-9-18(16)31-15(17)3/h5-13,15,22H,4H2,1-3H3/b20-13+/t15-,22-/m0/s1. The topological polar surface area (TPSA) is 69.9 Å². The molecule has 2 aliphatic rings. The molecule has 0 saturated heterocycles. The van der Waals surface area contributed by atoms with Gasteiger partial charge in [-0.1, -0.05) is 35.6 Å². The lowest BCUT2D eigenvalue weighted by Gasteiger charge is -2.23. The monoisotopic (exact) mass is 478 g/mol. The lowest BCUT2D eigenvalue weighted by molar-refractivity contribution is -0.139. The Hall–Kier alpha value is -3.23. The smallest absolute Gasteiger partial charge is 0.338 e. The average Bonchev–Trinajstić information content (AvgIpc) is 3.42. The third-order valence-corrected chi connectivity index (χ3v) is 7.55. The van der Waals surface area contributed by atoms with Crippen molar-refractivity contribution in [2.75, 3.05) is 6.61 Å². The largest absolute Gasteiger partial charge is 0.485 e. The molecule has 4 heterocycles. The van der Waals surface area contributed by atoms with E-state index in [1.165, 1.54) is 22.7 Å². The quantitative estimate of drug-likeness (QED) is 0.537. The molecular formula is C25H22N2O4S2. The van der Waals surface area contributed by atoms with Crippen molar-refractivity contribution in [3.8, 4) is 5.75 Å². The Labute approximate surface area is 198 Å². The van der Waals surface area contributed by atoms with Gasteiger partial charge in [-0.3, -0.25) is 9.36 Å². The maximum absolute atomic E-state index is 13.6. The Morgan fingerprint density at radius 1 is 1.27 bits per heavy atom. The number of nitrogens with zero attached hydrogens (tertiary/aromatic N) is 2. The number of fused-ring (bicyclic) bond motifs is 2. The van der Waals surface area contributed by atoms with Crippen molar-refractivity contribution in [1.29, 1.82) is 0 Å². The maximum Gasteiger partial charge on any atom is 0.338 e. The fraction of sp³-hybridized carbons (Fsp3) is 0.240. The first-order chi connectivity index (χ1) is 16.0. The van der Waals surface area contributed by atoms with Crippen LogP contribution in [0.2, 0.25) is 0 Å². The molecule has 6 nitrogen and oxygen atoms in total. The fourth-order valence-electron chi connectivity index (χ4n) is 4.08. The molecule has 0 saturated carbocycles. The summed E-state index contributed by atoms with van der Waals surface area (Å²) in [6, 6.07) is 11.1. The molecule has 0 aliphatic carbocycles. The zero-order valence-corrected chi connectivity index (χ0v) is 20.0. The van der Waals surface area contributed by atoms with Crippen molar-refractivity contribution < 1.29 is 14.3 Å². The molecule has 5 rings (SSSR count). The number of thiophene rings is 1. The fourth-order valence-corrected chi connectivity index (χ4v) is 5.95. The molecule has 0 radical (unpaired) electrons. The van der Waals surface area contributed by atoms with Crippen molar-refractivity contribution in [3.05, 3.63) is 88.7 Å². The number of esters is 1. The van der Waals surface area contributed by atoms with Crippen molar-refractivity contribution in [3.63, 3.8) is 0 Å². The summed E-state index contributed by atoms with van der Waals surface area (Å²) >= 11 is 2.82. The van der Waals surface area contributed by atoms with Crippen LogP contribution in [0.3, 0.4) is 0 Å². The summed E-state index contributed by atoms with van der Waals surface area (Å²) < 4.78 is 13.5. The van der Waals surface area contributed by atoms with E-state index < -0.39 is 12.0 Å². The molecule has 0 unspecified atom stereocenters. The molecule has 2 aromatic heterocycles. The SMILES string of the molecule is CCOC(=O)C1=C(C)N=c2s/c(=C/C3=Cc4ccccc4O[C@H]3C)c(=O)n2[C@H]1c1cccs1. The van der Waals surface area contributed by atoms with Gasteiger partial charge >= 0.3 is 5.97 Å². The number of rotatable bonds is 4. The van der Waals surface area contributed by atoms with E-state index in [4.69, 9.17) is 9.47 Å². The first-order valence-electron chi connectivity index (χ1n) is 10.7. The van der Waals surface area contributed by atoms with Gasteiger partial charge in [0.1, 0.15) is 17.9 Å². The van der Waals surface area contributed by atoms with E-state index in [2.05, 4.69) is 4.99 Å². The lowest BCUT2D eigenvalue weighted by Crippen LogP contribution is -2.39. The van der Waals surface area contributed by atoms with Gasteiger partial charge in [-0.15, -0.1) is 11.3 Å². The highest BCUT2D eigenvalue weighted by Crippen LogP contribution is 2.33. The van der Waals surface area contributed by atoms with Crippen molar-refractivity contribution in [1.82, 2.24) is 4.57 Å². The number of benzene rings is 1. The molecule has 33 heavy (non-hydrogen) atoms. The van der Waals surface area contributed by atoms with Gasteiger partial charge in [0, 0.05) is 10.4 Å². The molecule has 0 bridgehead atoms. The maximum atomic E-state index is 13.6. The van der Waals surface area contributed by atoms with Crippen LogP contribution < -0.4 is 19.6 Å². The highest BCUT2D eigenvalue weighted by molar-refractivity contribution is 7.10. The van der Waals surface area contributed by atoms with E-state index in [1.807, 2.05) is 60.9 Å². The van der Waals surface area contributed by atoms with Crippen LogP contribution >= 0.6 is 22.7 Å². The molecule has 0 spiro atoms. The van der Waals surface area contributed by atoms with Crippen LogP contribution in [0.4, 0.5) is 0 Å². The normalized spacial score (nSPS) is 19.8. The van der Waals surface area contributed by atoms with Gasteiger partial charge < -0.3 is 9.47 Å². The average molecular weight is 479 g/mol. The van der Waals surface area contributed by atoms with Gasteiger partial charge in [-0.25, -0.2) is 9.79 Å². The van der Waals surface area contributed by atoms with Crippen molar-refractivity contribution in [2.24, 2.45) is 4.99 Å². The zero-order chi connectivity index (χ0) is 23.1. The van der Waals surface area contributed by atoms with Crippen molar-refractivity contribution in [2.45, 2.75) is 32.9 Å². The Balaban J connectivity index is 1.68. The number of hydrogen-bond acceptors (Lipinski definition) is 7. The minimum Gasteiger partial charge on any atom is -0.485 e. The van der Waals surface area contributed by atoms with Crippen LogP contribution in [0.25, 0.3) is 12.2 Å². The van der Waals surface area contributed by atoms with E-state index in [0.717, 1.165) is 21.8 Å². The van der Waals surface area contributed by atoms with Gasteiger partial charge in [0.2, 0.25) is 0 Å². The second-order valence-electron chi connectivity index (χ2n) is 7.76. The predicted molar refractivity (Wildman–Crippen MR) is 130 cm³/mol. The van der Waals surface area contributed by atoms with Gasteiger partial charge in [-0.2, -0.15) is 0 Å². The molecule has 8 heteroatoms. The Morgan fingerprint density at radius 2 is 2.09 bits per heavy atom. The summed E-state index contributed by atoms with van der Waals surface area (Å²) in [5.41, 5.74) is 2.68. The van der Waals surface area contributed by atoms with E-state index in [1.54, 1.807) is 18.4 Å². The van der Waals surface area contributed by atoms with Gasteiger partial charge in [0.15, 0.2) is 4.80 Å². The van der Waals surface area contributed by atoms with Gasteiger partial charge in [0.25, 0.3) is 5.56 Å². The molecular weight excluding hydrogens is 456 g/mol. The predicted octanol–water partition coefficient (Wildman–Crippen LogP) is 3.68. The molecule has 2 aliphatic heterocycles. The first kappa shape index (κ1) is 21.6. The van der Waals surface area contributed by atoms with E-state index in [-0.39, 0.29) is 18.3 Å². The molecule has 0 amide bonds. The molecule has 168 valence electrons. The Morgan fingerprint density at radius 3 is 2.85 bits per heavy atom. The molecule has 0 N–H and O–H groups in total. The second-order valence-corrected chi connectivity index (χ2v) is 9.75. The lowest BCUT2D eigenvalue weighted by atomic mass is 10.0. The highest BCUT2D eigenvalue weighted by Gasteiger charge is 2.34. The van der Waals surface area contributed by atoms with Gasteiger partial charge in [0.05, 0.1) is 22.4 Å². The van der Waals surface area contributed by atoms with Crippen LogP contribution in [-0.2, 0) is 9.53 Å². The second kappa shape index (κ2) is 8.61. The third kappa shape index (κ3) is 3.79. The molecule has 0 fully saturated rings. The molecule has 2 atom stereocenters. The molecule has 1 aromatic carbocycles. The Bertz CT molecular complexity index is 1480. The van der Waals surface area contributed by atoms with Gasteiger partial charge in [-0.05, 0) is 56.0 Å². The third-order valence-electron chi connectivity index (χ3n) is 5.64. The number of ether oxygens (including phenoxy) is 2. The number of carbonyl (C=O) groups excluding carboxylic acids is 1. The van der Waals surface area contributed by atoms with E-state index >= 15 is 0 Å². The van der Waals surface area contributed by atoms with Crippen molar-refractivity contribution >= 4 is 40.8 Å². The number of carbonyl (C=O) groups is 1. The minimum atomic E-state index is -0.558. The number of aromatic nitrogens is 1.